The van der Waals surface area contributed by atoms with Crippen LogP contribution in [0.15, 0.2) is 29.2 Å². The van der Waals surface area contributed by atoms with Crippen molar-refractivity contribution < 1.29 is 9.90 Å². The number of carboxylic acid groups (broad SMARTS) is 1. The van der Waals surface area contributed by atoms with Crippen LogP contribution >= 0.6 is 0 Å². The van der Waals surface area contributed by atoms with Crippen molar-refractivity contribution in [2.24, 2.45) is 0 Å². The molecule has 0 aliphatic heterocycles. The Bertz CT molecular complexity index is 924. The molecule has 2 N–H and O–H groups in total. The van der Waals surface area contributed by atoms with Gasteiger partial charge in [-0.3, -0.25) is 4.79 Å². The van der Waals surface area contributed by atoms with Crippen molar-refractivity contribution in [1.82, 2.24) is 19.7 Å². The van der Waals surface area contributed by atoms with E-state index in [1.54, 1.807) is 19.2 Å². The summed E-state index contributed by atoms with van der Waals surface area (Å²) in [5, 5.41) is 14.0. The highest BCUT2D eigenvalue weighted by atomic mass is 16.4. The van der Waals surface area contributed by atoms with Gasteiger partial charge in [-0.05, 0) is 31.5 Å². The molecule has 7 heteroatoms. The van der Waals surface area contributed by atoms with Gasteiger partial charge in [0.2, 0.25) is 5.56 Å². The number of aryl methyl sites for hydroxylation is 2. The minimum atomic E-state index is -1.16. The summed E-state index contributed by atoms with van der Waals surface area (Å²) in [5.74, 6) is -0.641. The number of hydrogen-bond acceptors (Lipinski definition) is 4. The van der Waals surface area contributed by atoms with E-state index < -0.39 is 11.5 Å². The maximum absolute atomic E-state index is 11.7. The fraction of sp³-hybridized carbons (Fsp3) is 0.143. The molecule has 0 unspecified atom stereocenters. The normalized spacial score (nSPS) is 11.0. The number of rotatable bonds is 2. The van der Waals surface area contributed by atoms with Gasteiger partial charge in [-0.2, -0.15) is 9.78 Å². The first-order valence-electron chi connectivity index (χ1n) is 6.26. The van der Waals surface area contributed by atoms with E-state index in [1.165, 1.54) is 4.68 Å². The van der Waals surface area contributed by atoms with E-state index in [0.717, 1.165) is 11.6 Å². The molecule has 3 heterocycles. The summed E-state index contributed by atoms with van der Waals surface area (Å²) >= 11 is 0. The lowest BCUT2D eigenvalue weighted by Crippen LogP contribution is -2.12. The van der Waals surface area contributed by atoms with Crippen LogP contribution < -0.4 is 5.56 Å². The Balaban J connectivity index is 2.41. The molecule has 21 heavy (non-hydrogen) atoms. The lowest BCUT2D eigenvalue weighted by atomic mass is 10.1. The van der Waals surface area contributed by atoms with Crippen molar-refractivity contribution in [2.45, 2.75) is 13.8 Å². The van der Waals surface area contributed by atoms with Gasteiger partial charge in [-0.15, -0.1) is 0 Å². The van der Waals surface area contributed by atoms with Gasteiger partial charge >= 0.3 is 5.97 Å². The number of H-pyrrole nitrogens is 1. The van der Waals surface area contributed by atoms with E-state index in [4.69, 9.17) is 0 Å². The van der Waals surface area contributed by atoms with Crippen LogP contribution in [0, 0.1) is 13.8 Å². The van der Waals surface area contributed by atoms with Gasteiger partial charge in [0.15, 0.2) is 5.82 Å². The smallest absolute Gasteiger partial charge is 0.336 e. The fourth-order valence-corrected chi connectivity index (χ4v) is 2.29. The standard InChI is InChI=1S/C14H12N4O3/c1-7-3-4-15-10(5-7)18-13-12(8(2)17-18)9(14(20)21)6-11(19)16-13/h3-6H,1-2H3,(H,16,19)(H,20,21). The third-order valence-electron chi connectivity index (χ3n) is 3.20. The summed E-state index contributed by atoms with van der Waals surface area (Å²) < 4.78 is 1.45. The molecule has 0 aliphatic rings. The van der Waals surface area contributed by atoms with Crippen molar-refractivity contribution >= 4 is 17.0 Å². The summed E-state index contributed by atoms with van der Waals surface area (Å²) in [6.07, 6.45) is 1.63. The molecule has 0 aromatic carbocycles. The Hall–Kier alpha value is -2.96. The first-order chi connectivity index (χ1) is 9.97. The predicted octanol–water partition coefficient (Wildman–Crippen LogP) is 1.42. The predicted molar refractivity (Wildman–Crippen MR) is 75.9 cm³/mol. The van der Waals surface area contributed by atoms with Crippen molar-refractivity contribution in [1.29, 1.82) is 0 Å². The van der Waals surface area contributed by atoms with Gasteiger partial charge in [0.25, 0.3) is 0 Å². The van der Waals surface area contributed by atoms with Gasteiger partial charge in [-0.25, -0.2) is 9.78 Å². The SMILES string of the molecule is Cc1ccnc(-n2nc(C)c3c(C(=O)O)cc(=O)[nH]c32)c1. The number of hydrogen-bond donors (Lipinski definition) is 2. The maximum Gasteiger partial charge on any atom is 0.336 e. The molecular formula is C14H12N4O3. The molecule has 3 rings (SSSR count). The van der Waals surface area contributed by atoms with Crippen molar-refractivity contribution in [3.8, 4) is 5.82 Å². The minimum Gasteiger partial charge on any atom is -0.478 e. The monoisotopic (exact) mass is 284 g/mol. The van der Waals surface area contributed by atoms with Crippen LogP contribution in [-0.4, -0.2) is 30.8 Å². The van der Waals surface area contributed by atoms with Crippen LogP contribution in [0.5, 0.6) is 0 Å². The molecule has 3 aromatic rings. The number of carbonyl (C=O) groups is 1. The number of aromatic nitrogens is 4. The topological polar surface area (TPSA) is 101 Å². The number of aromatic amines is 1. The number of fused-ring (bicyclic) bond motifs is 1. The Labute approximate surface area is 118 Å². The third-order valence-corrected chi connectivity index (χ3v) is 3.20. The van der Waals surface area contributed by atoms with Gasteiger partial charge in [0.1, 0.15) is 5.65 Å². The molecule has 7 nitrogen and oxygen atoms in total. The van der Waals surface area contributed by atoms with E-state index in [9.17, 15) is 14.7 Å². The Morgan fingerprint density at radius 2 is 2.10 bits per heavy atom. The highest BCUT2D eigenvalue weighted by molar-refractivity contribution is 6.02. The zero-order chi connectivity index (χ0) is 15.1. The highest BCUT2D eigenvalue weighted by Gasteiger charge is 2.18. The van der Waals surface area contributed by atoms with Crippen molar-refractivity contribution in [3.05, 3.63) is 51.6 Å². The molecule has 0 amide bonds. The zero-order valence-corrected chi connectivity index (χ0v) is 11.4. The van der Waals surface area contributed by atoms with Gasteiger partial charge in [-0.1, -0.05) is 0 Å². The molecular weight excluding hydrogens is 272 g/mol. The maximum atomic E-state index is 11.7. The second-order valence-electron chi connectivity index (χ2n) is 4.76. The molecule has 0 bridgehead atoms. The van der Waals surface area contributed by atoms with Gasteiger partial charge < -0.3 is 10.1 Å². The van der Waals surface area contributed by atoms with E-state index in [0.29, 0.717) is 22.5 Å². The molecule has 0 radical (unpaired) electrons. The number of nitrogens with zero attached hydrogens (tertiary/aromatic N) is 3. The second-order valence-corrected chi connectivity index (χ2v) is 4.76. The molecule has 3 aromatic heterocycles. The van der Waals surface area contributed by atoms with E-state index in [-0.39, 0.29) is 5.56 Å². The Kier molecular flexibility index (Phi) is 2.83. The average molecular weight is 284 g/mol. The van der Waals surface area contributed by atoms with Crippen molar-refractivity contribution in [2.75, 3.05) is 0 Å². The molecule has 0 saturated heterocycles. The molecule has 0 fully saturated rings. The van der Waals surface area contributed by atoms with Crippen LogP contribution in [-0.2, 0) is 0 Å². The fourth-order valence-electron chi connectivity index (χ4n) is 2.29. The molecule has 0 aliphatic carbocycles. The Morgan fingerprint density at radius 1 is 1.33 bits per heavy atom. The molecule has 106 valence electrons. The summed E-state index contributed by atoms with van der Waals surface area (Å²) in [6.45, 7) is 3.61. The van der Waals surface area contributed by atoms with E-state index >= 15 is 0 Å². The Morgan fingerprint density at radius 3 is 2.76 bits per heavy atom. The molecule has 0 spiro atoms. The van der Waals surface area contributed by atoms with Gasteiger partial charge in [0, 0.05) is 12.3 Å². The van der Waals surface area contributed by atoms with Crippen LogP contribution in [0.2, 0.25) is 0 Å². The lowest BCUT2D eigenvalue weighted by Gasteiger charge is -2.03. The van der Waals surface area contributed by atoms with E-state index in [2.05, 4.69) is 15.1 Å². The highest BCUT2D eigenvalue weighted by Crippen LogP contribution is 2.21. The minimum absolute atomic E-state index is 0.0647. The van der Waals surface area contributed by atoms with E-state index in [1.807, 2.05) is 13.0 Å². The zero-order valence-electron chi connectivity index (χ0n) is 11.4. The third kappa shape index (κ3) is 2.08. The van der Waals surface area contributed by atoms with Crippen LogP contribution in [0.25, 0.3) is 16.9 Å². The number of carboxylic acids is 1. The lowest BCUT2D eigenvalue weighted by molar-refractivity contribution is 0.0698. The number of pyridine rings is 2. The quantitative estimate of drug-likeness (QED) is 0.741. The number of nitrogens with one attached hydrogen (secondary N) is 1. The first-order valence-corrected chi connectivity index (χ1v) is 6.26. The molecule has 0 atom stereocenters. The average Bonchev–Trinajstić information content (AvgIpc) is 2.75. The largest absolute Gasteiger partial charge is 0.478 e. The van der Waals surface area contributed by atoms with Gasteiger partial charge in [0.05, 0.1) is 16.6 Å². The first kappa shape index (κ1) is 13.0. The van der Waals surface area contributed by atoms with Crippen LogP contribution in [0.4, 0.5) is 0 Å². The summed E-state index contributed by atoms with van der Waals surface area (Å²) in [6, 6.07) is 4.71. The van der Waals surface area contributed by atoms with Crippen LogP contribution in [0.3, 0.4) is 0 Å². The van der Waals surface area contributed by atoms with Crippen molar-refractivity contribution in [3.63, 3.8) is 0 Å². The van der Waals surface area contributed by atoms with Crippen LogP contribution in [0.1, 0.15) is 21.6 Å². The summed E-state index contributed by atoms with van der Waals surface area (Å²) in [4.78, 5) is 29.8. The summed E-state index contributed by atoms with van der Waals surface area (Å²) in [5.41, 5.74) is 1.27. The molecule has 0 saturated carbocycles. The summed E-state index contributed by atoms with van der Waals surface area (Å²) in [7, 11) is 0. The number of aromatic carboxylic acids is 1. The second kappa shape index (κ2) is 4.55.